The Kier molecular flexibility index (Phi) is 12.8. The maximum Gasteiger partial charge on any atom is 1.00 e. The van der Waals surface area contributed by atoms with Crippen LogP contribution in [0.2, 0.25) is 0 Å². The van der Waals surface area contributed by atoms with Crippen molar-refractivity contribution in [1.29, 1.82) is 0 Å². The Bertz CT molecular complexity index is 292. The van der Waals surface area contributed by atoms with Gasteiger partial charge < -0.3 is 34.4 Å². The van der Waals surface area contributed by atoms with Gasteiger partial charge >= 0.3 is 88.7 Å². The van der Waals surface area contributed by atoms with Crippen molar-refractivity contribution in [3.8, 4) is 0 Å². The first-order valence-electron chi connectivity index (χ1n) is 3.72. The van der Waals surface area contributed by atoms with Crippen molar-refractivity contribution in [1.82, 2.24) is 0 Å². The second kappa shape index (κ2) is 9.30. The number of carboxylic acids is 3. The Hall–Kier alpha value is 1.37. The van der Waals surface area contributed by atoms with Crippen LogP contribution in [-0.2, 0) is 19.1 Å². The number of carbonyl (C=O) groups excluding carboxylic acids is 3. The Morgan fingerprint density at radius 2 is 1.41 bits per heavy atom. The van der Waals surface area contributed by atoms with Crippen LogP contribution in [0.15, 0.2) is 0 Å². The third-order valence-corrected chi connectivity index (χ3v) is 2.02. The first-order chi connectivity index (χ1) is 6.40. The predicted octanol–water partition coefficient (Wildman–Crippen LogP) is -13.8. The van der Waals surface area contributed by atoms with Crippen LogP contribution in [0, 0.1) is 0 Å². The molecule has 0 amide bonds. The van der Waals surface area contributed by atoms with Gasteiger partial charge in [0, 0.05) is 0 Å². The van der Waals surface area contributed by atoms with Gasteiger partial charge in [0.1, 0.15) is 5.60 Å². The number of carbonyl (C=O) groups is 3. The van der Waals surface area contributed by atoms with E-state index in [0.717, 1.165) is 0 Å². The molecule has 1 fully saturated rings. The zero-order chi connectivity index (χ0) is 10.9. The summed E-state index contributed by atoms with van der Waals surface area (Å²) in [5.74, 6) is -5.68. The number of hydrogen-bond donors (Lipinski definition) is 0. The van der Waals surface area contributed by atoms with Gasteiger partial charge in [0.2, 0.25) is 0 Å². The van der Waals surface area contributed by atoms with Crippen LogP contribution in [0.4, 0.5) is 0 Å². The first-order valence-corrected chi connectivity index (χ1v) is 3.72. The van der Waals surface area contributed by atoms with Crippen molar-refractivity contribution in [2.45, 2.75) is 24.5 Å². The standard InChI is InChI=1S/C7H8O7.3Na/c8-4(9)3-1-2-7(14-3,5(10)11)6(12)13;;;/h3H,1-2H2,(H,8,9)(H,10,11)(H,12,13);;;/q;3*+1/p-3. The maximum absolute atomic E-state index is 10.5. The predicted molar refractivity (Wildman–Crippen MR) is 31.9 cm³/mol. The molecule has 1 saturated heterocycles. The first kappa shape index (κ1) is 23.5. The molecule has 0 radical (unpaired) electrons. The molecule has 0 spiro atoms. The molecule has 1 unspecified atom stereocenters. The second-order valence-electron chi connectivity index (χ2n) is 2.87. The summed E-state index contributed by atoms with van der Waals surface area (Å²) in [6.45, 7) is 0. The van der Waals surface area contributed by atoms with E-state index in [2.05, 4.69) is 4.74 Å². The fraction of sp³-hybridized carbons (Fsp3) is 0.571. The fourth-order valence-corrected chi connectivity index (χ4v) is 1.24. The molecule has 1 heterocycles. The molecule has 1 aliphatic rings. The van der Waals surface area contributed by atoms with E-state index in [-0.39, 0.29) is 95.1 Å². The summed E-state index contributed by atoms with van der Waals surface area (Å²) in [5, 5.41) is 31.2. The van der Waals surface area contributed by atoms with E-state index in [1.807, 2.05) is 0 Å². The van der Waals surface area contributed by atoms with Crippen LogP contribution in [0.5, 0.6) is 0 Å². The summed E-state index contributed by atoms with van der Waals surface area (Å²) in [6, 6.07) is 0. The average Bonchev–Trinajstić information content (AvgIpc) is 2.48. The number of hydrogen-bond acceptors (Lipinski definition) is 7. The topological polar surface area (TPSA) is 130 Å². The minimum absolute atomic E-state index is 0. The normalized spacial score (nSPS) is 20.1. The molecule has 0 bridgehead atoms. The summed E-state index contributed by atoms with van der Waals surface area (Å²) in [6.07, 6.45) is -2.31. The summed E-state index contributed by atoms with van der Waals surface area (Å²) < 4.78 is 4.35. The monoisotopic (exact) mass is 270 g/mol. The minimum Gasteiger partial charge on any atom is -0.547 e. The van der Waals surface area contributed by atoms with Gasteiger partial charge in [0.25, 0.3) is 0 Å². The van der Waals surface area contributed by atoms with Crippen LogP contribution < -0.4 is 104 Å². The van der Waals surface area contributed by atoms with Crippen LogP contribution in [0.25, 0.3) is 0 Å². The van der Waals surface area contributed by atoms with E-state index in [1.165, 1.54) is 0 Å². The largest absolute Gasteiger partial charge is 1.00 e. The summed E-state index contributed by atoms with van der Waals surface area (Å²) in [4.78, 5) is 31.2. The van der Waals surface area contributed by atoms with Gasteiger partial charge in [0.15, 0.2) is 0 Å². The van der Waals surface area contributed by atoms with Crippen LogP contribution >= 0.6 is 0 Å². The number of aliphatic carboxylic acids is 3. The van der Waals surface area contributed by atoms with Crippen LogP contribution in [0.1, 0.15) is 12.8 Å². The van der Waals surface area contributed by atoms with Crippen LogP contribution in [0.3, 0.4) is 0 Å². The van der Waals surface area contributed by atoms with Crippen molar-refractivity contribution in [3.05, 3.63) is 0 Å². The van der Waals surface area contributed by atoms with Gasteiger partial charge in [-0.05, 0) is 12.8 Å². The molecule has 7 nitrogen and oxygen atoms in total. The zero-order valence-electron chi connectivity index (χ0n) is 9.85. The number of rotatable bonds is 3. The smallest absolute Gasteiger partial charge is 0.547 e. The molecule has 0 aliphatic carbocycles. The SMILES string of the molecule is O=C([O-])C1CCC(C(=O)[O-])(C(=O)[O-])O1.[Na+].[Na+].[Na+]. The van der Waals surface area contributed by atoms with E-state index >= 15 is 0 Å². The van der Waals surface area contributed by atoms with Crippen molar-refractivity contribution in [2.24, 2.45) is 0 Å². The Labute approximate surface area is 163 Å². The van der Waals surface area contributed by atoms with Gasteiger partial charge in [-0.1, -0.05) is 0 Å². The number of ether oxygens (including phenoxy) is 1. The molecule has 10 heteroatoms. The Morgan fingerprint density at radius 1 is 1.00 bits per heavy atom. The summed E-state index contributed by atoms with van der Waals surface area (Å²) in [5.41, 5.74) is -2.66. The van der Waals surface area contributed by atoms with Gasteiger partial charge in [-0.2, -0.15) is 0 Å². The van der Waals surface area contributed by atoms with Crippen molar-refractivity contribution in [2.75, 3.05) is 0 Å². The van der Waals surface area contributed by atoms with Crippen molar-refractivity contribution in [3.63, 3.8) is 0 Å². The minimum atomic E-state index is -2.66. The van der Waals surface area contributed by atoms with Crippen molar-refractivity contribution < 1.29 is 123 Å². The molecular weight excluding hydrogens is 265 g/mol. The van der Waals surface area contributed by atoms with E-state index in [9.17, 15) is 29.7 Å². The molecule has 0 saturated carbocycles. The Balaban J connectivity index is -0.000000653. The summed E-state index contributed by atoms with van der Waals surface area (Å²) in [7, 11) is 0. The number of carboxylic acid groups (broad SMARTS) is 3. The molecule has 1 atom stereocenters. The second-order valence-corrected chi connectivity index (χ2v) is 2.87. The Morgan fingerprint density at radius 3 is 1.59 bits per heavy atom. The average molecular weight is 270 g/mol. The molecular formula is C7H5Na3O7. The third-order valence-electron chi connectivity index (χ3n) is 2.02. The van der Waals surface area contributed by atoms with Gasteiger partial charge in [-0.25, -0.2) is 0 Å². The molecule has 0 aromatic heterocycles. The molecule has 0 N–H and O–H groups in total. The van der Waals surface area contributed by atoms with Crippen LogP contribution in [-0.4, -0.2) is 29.6 Å². The van der Waals surface area contributed by atoms with Gasteiger partial charge in [-0.3, -0.25) is 0 Å². The zero-order valence-corrected chi connectivity index (χ0v) is 15.8. The van der Waals surface area contributed by atoms with E-state index in [0.29, 0.717) is 0 Å². The molecule has 17 heavy (non-hydrogen) atoms. The van der Waals surface area contributed by atoms with Gasteiger partial charge in [-0.15, -0.1) is 0 Å². The maximum atomic E-state index is 10.5. The molecule has 1 aliphatic heterocycles. The fourth-order valence-electron chi connectivity index (χ4n) is 1.24. The molecule has 78 valence electrons. The van der Waals surface area contributed by atoms with Gasteiger partial charge in [0.05, 0.1) is 24.0 Å². The molecule has 1 rings (SSSR count). The van der Waals surface area contributed by atoms with Crippen molar-refractivity contribution >= 4 is 17.9 Å². The molecule has 0 aromatic carbocycles. The quantitative estimate of drug-likeness (QED) is 0.367. The molecule has 0 aromatic rings. The third kappa shape index (κ3) is 5.10. The van der Waals surface area contributed by atoms with E-state index < -0.39 is 36.0 Å². The summed E-state index contributed by atoms with van der Waals surface area (Å²) >= 11 is 0. The van der Waals surface area contributed by atoms with E-state index in [4.69, 9.17) is 0 Å². The van der Waals surface area contributed by atoms with E-state index in [1.54, 1.807) is 0 Å².